The molecule has 1 atom stereocenters. The van der Waals surface area contributed by atoms with Crippen molar-refractivity contribution in [1.29, 1.82) is 0 Å². The summed E-state index contributed by atoms with van der Waals surface area (Å²) >= 11 is 9.58. The van der Waals surface area contributed by atoms with E-state index in [1.165, 1.54) is 6.42 Å². The second-order valence-corrected chi connectivity index (χ2v) is 9.65. The topological polar surface area (TPSA) is 58.6 Å². The van der Waals surface area contributed by atoms with Crippen molar-refractivity contribution in [3.05, 3.63) is 63.1 Å². The van der Waals surface area contributed by atoms with Crippen molar-refractivity contribution in [3.63, 3.8) is 0 Å². The number of hydrogen-bond acceptors (Lipinski definition) is 3. The minimum atomic E-state index is -0.618. The van der Waals surface area contributed by atoms with Crippen molar-refractivity contribution in [2.45, 2.75) is 64.6 Å². The van der Waals surface area contributed by atoms with E-state index in [-0.39, 0.29) is 24.5 Å². The second kappa shape index (κ2) is 11.7. The van der Waals surface area contributed by atoms with Gasteiger partial charge in [-0.15, -0.1) is 0 Å². The summed E-state index contributed by atoms with van der Waals surface area (Å²) in [6, 6.07) is 12.7. The molecule has 2 amide bonds. The third-order valence-corrected chi connectivity index (χ3v) is 6.75. The third-order valence-electron chi connectivity index (χ3n) is 5.97. The third kappa shape index (κ3) is 6.72. The second-order valence-electron chi connectivity index (χ2n) is 8.33. The molecule has 2 aromatic rings. The average molecular weight is 522 g/mol. The Bertz CT molecular complexity index is 947. The van der Waals surface area contributed by atoms with E-state index in [9.17, 15) is 9.59 Å². The van der Waals surface area contributed by atoms with Crippen LogP contribution >= 0.6 is 27.5 Å². The first-order valence-corrected chi connectivity index (χ1v) is 12.2. The summed E-state index contributed by atoms with van der Waals surface area (Å²) in [5, 5.41) is 3.56. The molecule has 3 rings (SSSR count). The van der Waals surface area contributed by atoms with Gasteiger partial charge in [-0.05, 0) is 56.0 Å². The minimum Gasteiger partial charge on any atom is -0.482 e. The van der Waals surface area contributed by atoms with Gasteiger partial charge in [0.25, 0.3) is 5.91 Å². The van der Waals surface area contributed by atoms with E-state index in [1.807, 2.05) is 31.2 Å². The highest BCUT2D eigenvalue weighted by Crippen LogP contribution is 2.28. The molecule has 0 saturated heterocycles. The lowest BCUT2D eigenvalue weighted by Crippen LogP contribution is -2.51. The number of hydrogen-bond donors (Lipinski definition) is 1. The molecule has 0 heterocycles. The average Bonchev–Trinajstić information content (AvgIpc) is 2.78. The number of carbonyl (C=O) groups excluding carboxylic acids is 2. The number of nitrogens with zero attached hydrogens (tertiary/aromatic N) is 1. The van der Waals surface area contributed by atoms with Crippen LogP contribution in [0.3, 0.4) is 0 Å². The Morgan fingerprint density at radius 2 is 1.91 bits per heavy atom. The lowest BCUT2D eigenvalue weighted by Gasteiger charge is -2.31. The predicted molar refractivity (Wildman–Crippen MR) is 131 cm³/mol. The van der Waals surface area contributed by atoms with Crippen LogP contribution in [0.1, 0.15) is 50.2 Å². The molecule has 0 bridgehead atoms. The molecule has 0 aromatic heterocycles. The number of aryl methyl sites for hydroxylation is 1. The Morgan fingerprint density at radius 1 is 1.19 bits per heavy atom. The van der Waals surface area contributed by atoms with Crippen LogP contribution < -0.4 is 10.1 Å². The molecule has 1 saturated carbocycles. The Hall–Kier alpha value is -2.05. The summed E-state index contributed by atoms with van der Waals surface area (Å²) in [6.45, 7) is 3.92. The maximum atomic E-state index is 13.2. The Balaban J connectivity index is 1.73. The summed E-state index contributed by atoms with van der Waals surface area (Å²) in [7, 11) is 0. The first-order valence-electron chi connectivity index (χ1n) is 11.1. The molecular formula is C25H30BrClN2O3. The van der Waals surface area contributed by atoms with Crippen LogP contribution in [0.5, 0.6) is 5.75 Å². The zero-order chi connectivity index (χ0) is 23.1. The van der Waals surface area contributed by atoms with Crippen LogP contribution in [0.15, 0.2) is 46.9 Å². The zero-order valence-corrected chi connectivity index (χ0v) is 20.9. The SMILES string of the molecule is Cc1ccccc1CN(C(=O)COc1ccc(Br)cc1Cl)[C@@H](C)C(=O)NC1CCCCC1. The summed E-state index contributed by atoms with van der Waals surface area (Å²) in [6.07, 6.45) is 5.47. The molecule has 7 heteroatoms. The fraction of sp³-hybridized carbons (Fsp3) is 0.440. The standard InChI is InChI=1S/C25H30BrClN2O3/c1-17-8-6-7-9-19(17)15-29(18(2)25(31)28-21-10-4-3-5-11-21)24(30)16-32-23-13-12-20(26)14-22(23)27/h6-9,12-14,18,21H,3-5,10-11,15-16H2,1-2H3,(H,28,31)/t18-/m0/s1. The summed E-state index contributed by atoms with van der Waals surface area (Å²) in [4.78, 5) is 27.8. The maximum Gasteiger partial charge on any atom is 0.261 e. The lowest BCUT2D eigenvalue weighted by atomic mass is 9.95. The molecule has 0 aliphatic heterocycles. The smallest absolute Gasteiger partial charge is 0.261 e. The van der Waals surface area contributed by atoms with E-state index >= 15 is 0 Å². The fourth-order valence-corrected chi connectivity index (χ4v) is 4.66. The quantitative estimate of drug-likeness (QED) is 0.488. The molecule has 1 aliphatic rings. The number of ether oxygens (including phenoxy) is 1. The van der Waals surface area contributed by atoms with Gasteiger partial charge >= 0.3 is 0 Å². The fourth-order valence-electron chi connectivity index (χ4n) is 3.94. The van der Waals surface area contributed by atoms with Crippen LogP contribution in [0, 0.1) is 6.92 Å². The van der Waals surface area contributed by atoms with Gasteiger partial charge in [-0.25, -0.2) is 0 Å². The van der Waals surface area contributed by atoms with E-state index in [2.05, 4.69) is 21.2 Å². The molecule has 0 radical (unpaired) electrons. The molecule has 2 aromatic carbocycles. The molecule has 32 heavy (non-hydrogen) atoms. The van der Waals surface area contributed by atoms with Crippen LogP contribution in [0.4, 0.5) is 0 Å². The number of benzene rings is 2. The van der Waals surface area contributed by atoms with Gasteiger partial charge in [-0.3, -0.25) is 9.59 Å². The van der Waals surface area contributed by atoms with Crippen LogP contribution in [-0.4, -0.2) is 35.4 Å². The predicted octanol–water partition coefficient (Wildman–Crippen LogP) is 5.66. The summed E-state index contributed by atoms with van der Waals surface area (Å²) in [5.41, 5.74) is 2.07. The first-order chi connectivity index (χ1) is 15.3. The highest BCUT2D eigenvalue weighted by atomic mass is 79.9. The van der Waals surface area contributed by atoms with Crippen LogP contribution in [-0.2, 0) is 16.1 Å². The van der Waals surface area contributed by atoms with E-state index < -0.39 is 6.04 Å². The van der Waals surface area contributed by atoms with Crippen molar-refractivity contribution in [2.75, 3.05) is 6.61 Å². The highest BCUT2D eigenvalue weighted by Gasteiger charge is 2.28. The number of rotatable bonds is 8. The maximum absolute atomic E-state index is 13.2. The van der Waals surface area contributed by atoms with Crippen molar-refractivity contribution in [2.24, 2.45) is 0 Å². The monoisotopic (exact) mass is 520 g/mol. The number of nitrogens with one attached hydrogen (secondary N) is 1. The van der Waals surface area contributed by atoms with Crippen molar-refractivity contribution in [3.8, 4) is 5.75 Å². The first kappa shape index (κ1) is 24.6. The highest BCUT2D eigenvalue weighted by molar-refractivity contribution is 9.10. The van der Waals surface area contributed by atoms with Gasteiger partial charge in [0.15, 0.2) is 6.61 Å². The molecule has 0 unspecified atom stereocenters. The van der Waals surface area contributed by atoms with Gasteiger partial charge in [0.1, 0.15) is 11.8 Å². The van der Waals surface area contributed by atoms with Gasteiger partial charge in [0.05, 0.1) is 5.02 Å². The summed E-state index contributed by atoms with van der Waals surface area (Å²) < 4.78 is 6.54. The molecule has 0 spiro atoms. The number of halogens is 2. The molecule has 5 nitrogen and oxygen atoms in total. The van der Waals surface area contributed by atoms with E-state index in [4.69, 9.17) is 16.3 Å². The summed E-state index contributed by atoms with van der Waals surface area (Å²) in [5.74, 6) is 0.0393. The van der Waals surface area contributed by atoms with Gasteiger partial charge in [-0.2, -0.15) is 0 Å². The molecule has 1 N–H and O–H groups in total. The van der Waals surface area contributed by atoms with Gasteiger partial charge in [0.2, 0.25) is 5.91 Å². The van der Waals surface area contributed by atoms with Gasteiger partial charge < -0.3 is 15.0 Å². The zero-order valence-electron chi connectivity index (χ0n) is 18.6. The molecular weight excluding hydrogens is 492 g/mol. The van der Waals surface area contributed by atoms with Crippen molar-refractivity contribution in [1.82, 2.24) is 10.2 Å². The molecule has 1 aliphatic carbocycles. The van der Waals surface area contributed by atoms with Gasteiger partial charge in [-0.1, -0.05) is 71.1 Å². The number of carbonyl (C=O) groups is 2. The Morgan fingerprint density at radius 3 is 2.59 bits per heavy atom. The van der Waals surface area contributed by atoms with Crippen molar-refractivity contribution < 1.29 is 14.3 Å². The number of amides is 2. The van der Waals surface area contributed by atoms with E-state index in [0.717, 1.165) is 41.3 Å². The van der Waals surface area contributed by atoms with Gasteiger partial charge in [0, 0.05) is 17.1 Å². The van der Waals surface area contributed by atoms with E-state index in [1.54, 1.807) is 30.0 Å². The lowest BCUT2D eigenvalue weighted by molar-refractivity contribution is -0.142. The van der Waals surface area contributed by atoms with Crippen LogP contribution in [0.2, 0.25) is 5.02 Å². The Labute approximate surface area is 203 Å². The Kier molecular flexibility index (Phi) is 9.00. The van der Waals surface area contributed by atoms with Crippen LogP contribution in [0.25, 0.3) is 0 Å². The normalized spacial score (nSPS) is 15.1. The largest absolute Gasteiger partial charge is 0.482 e. The minimum absolute atomic E-state index is 0.125. The van der Waals surface area contributed by atoms with Crippen molar-refractivity contribution >= 4 is 39.3 Å². The van der Waals surface area contributed by atoms with E-state index in [0.29, 0.717) is 17.3 Å². The molecule has 1 fully saturated rings. The molecule has 172 valence electrons.